The van der Waals surface area contributed by atoms with Crippen molar-refractivity contribution in [1.82, 2.24) is 29.5 Å². The molecular weight excluding hydrogens is 304 g/mol. The van der Waals surface area contributed by atoms with Gasteiger partial charge >= 0.3 is 0 Å². The van der Waals surface area contributed by atoms with Crippen molar-refractivity contribution >= 4 is 5.91 Å². The number of hydrogen-bond acceptors (Lipinski definition) is 5. The first kappa shape index (κ1) is 16.6. The van der Waals surface area contributed by atoms with E-state index in [4.69, 9.17) is 0 Å². The summed E-state index contributed by atoms with van der Waals surface area (Å²) in [5, 5.41) is 8.71. The second kappa shape index (κ2) is 7.09. The van der Waals surface area contributed by atoms with E-state index < -0.39 is 0 Å². The summed E-state index contributed by atoms with van der Waals surface area (Å²) < 4.78 is 2.10. The number of amides is 1. The van der Waals surface area contributed by atoms with E-state index in [1.165, 1.54) is 0 Å². The lowest BCUT2D eigenvalue weighted by Crippen LogP contribution is -2.38. The largest absolute Gasteiger partial charge is 0.339 e. The summed E-state index contributed by atoms with van der Waals surface area (Å²) in [6, 6.07) is 3.61. The molecule has 3 heterocycles. The number of carbonyl (C=O) groups is 1. The molecule has 0 radical (unpaired) electrons. The van der Waals surface area contributed by atoms with Gasteiger partial charge in [0.25, 0.3) is 5.91 Å². The van der Waals surface area contributed by atoms with Crippen LogP contribution in [0, 0.1) is 0 Å². The van der Waals surface area contributed by atoms with Crippen molar-refractivity contribution in [3.63, 3.8) is 0 Å². The maximum Gasteiger partial charge on any atom is 0.255 e. The van der Waals surface area contributed by atoms with Crippen LogP contribution in [0.3, 0.4) is 0 Å². The first-order valence-corrected chi connectivity index (χ1v) is 8.28. The standard InChI is InChI=1S/C17H24N6O/c1-21(2)12-15-19-20-16(22(15)3)13-6-9-23(10-7-13)17(24)14-5-4-8-18-11-14/h4-5,8,11,13H,6-7,9-10,12H2,1-3H3. The maximum atomic E-state index is 12.5. The third kappa shape index (κ3) is 3.46. The van der Waals surface area contributed by atoms with Crippen LogP contribution in [0.15, 0.2) is 24.5 Å². The van der Waals surface area contributed by atoms with E-state index in [9.17, 15) is 4.79 Å². The average Bonchev–Trinajstić information content (AvgIpc) is 2.95. The van der Waals surface area contributed by atoms with Crippen molar-refractivity contribution in [2.45, 2.75) is 25.3 Å². The molecular formula is C17H24N6O. The number of pyridine rings is 1. The minimum atomic E-state index is 0.0628. The Balaban J connectivity index is 1.63. The van der Waals surface area contributed by atoms with Gasteiger partial charge in [0.15, 0.2) is 0 Å². The van der Waals surface area contributed by atoms with E-state index in [2.05, 4.69) is 24.6 Å². The molecule has 0 bridgehead atoms. The molecule has 2 aromatic heterocycles. The molecule has 0 saturated carbocycles. The predicted molar refractivity (Wildman–Crippen MR) is 90.5 cm³/mol. The SMILES string of the molecule is CN(C)Cc1nnc(C2CCN(C(=O)c3cccnc3)CC2)n1C. The van der Waals surface area contributed by atoms with Gasteiger partial charge in [-0.1, -0.05) is 0 Å². The second-order valence-corrected chi connectivity index (χ2v) is 6.58. The fraction of sp³-hybridized carbons (Fsp3) is 0.529. The smallest absolute Gasteiger partial charge is 0.255 e. The van der Waals surface area contributed by atoms with Gasteiger partial charge in [0.05, 0.1) is 12.1 Å². The molecule has 0 unspecified atom stereocenters. The van der Waals surface area contributed by atoms with Crippen LogP contribution in [-0.2, 0) is 13.6 Å². The highest BCUT2D eigenvalue weighted by atomic mass is 16.2. The molecule has 24 heavy (non-hydrogen) atoms. The Bertz CT molecular complexity index is 688. The van der Waals surface area contributed by atoms with Crippen LogP contribution < -0.4 is 0 Å². The molecule has 7 heteroatoms. The number of aromatic nitrogens is 4. The van der Waals surface area contributed by atoms with E-state index >= 15 is 0 Å². The maximum absolute atomic E-state index is 12.5. The second-order valence-electron chi connectivity index (χ2n) is 6.58. The van der Waals surface area contributed by atoms with Crippen molar-refractivity contribution in [2.75, 3.05) is 27.2 Å². The van der Waals surface area contributed by atoms with Gasteiger partial charge < -0.3 is 14.4 Å². The van der Waals surface area contributed by atoms with Crippen LogP contribution >= 0.6 is 0 Å². The molecule has 1 aliphatic heterocycles. The van der Waals surface area contributed by atoms with Gasteiger partial charge in [-0.05, 0) is 39.1 Å². The van der Waals surface area contributed by atoms with E-state index in [0.29, 0.717) is 11.5 Å². The third-order valence-electron chi connectivity index (χ3n) is 4.51. The van der Waals surface area contributed by atoms with Gasteiger partial charge in [0.1, 0.15) is 11.6 Å². The average molecular weight is 328 g/mol. The molecule has 1 saturated heterocycles. The van der Waals surface area contributed by atoms with E-state index in [1.807, 2.05) is 32.1 Å². The Morgan fingerprint density at radius 2 is 2.04 bits per heavy atom. The van der Waals surface area contributed by atoms with Crippen LogP contribution in [0.5, 0.6) is 0 Å². The van der Waals surface area contributed by atoms with Crippen LogP contribution in [0.4, 0.5) is 0 Å². The van der Waals surface area contributed by atoms with E-state index in [-0.39, 0.29) is 5.91 Å². The van der Waals surface area contributed by atoms with Gasteiger partial charge in [-0.3, -0.25) is 9.78 Å². The highest BCUT2D eigenvalue weighted by molar-refractivity contribution is 5.93. The minimum absolute atomic E-state index is 0.0628. The Morgan fingerprint density at radius 1 is 1.29 bits per heavy atom. The molecule has 0 aliphatic carbocycles. The van der Waals surface area contributed by atoms with Crippen LogP contribution in [-0.4, -0.2) is 62.6 Å². The Morgan fingerprint density at radius 3 is 2.67 bits per heavy atom. The summed E-state index contributed by atoms with van der Waals surface area (Å²) in [7, 11) is 6.08. The Kier molecular flexibility index (Phi) is 4.89. The number of rotatable bonds is 4. The summed E-state index contributed by atoms with van der Waals surface area (Å²) >= 11 is 0. The summed E-state index contributed by atoms with van der Waals surface area (Å²) in [4.78, 5) is 20.5. The first-order valence-electron chi connectivity index (χ1n) is 8.28. The minimum Gasteiger partial charge on any atom is -0.339 e. The van der Waals surface area contributed by atoms with Gasteiger partial charge in [0, 0.05) is 38.4 Å². The van der Waals surface area contributed by atoms with Crippen LogP contribution in [0.25, 0.3) is 0 Å². The third-order valence-corrected chi connectivity index (χ3v) is 4.51. The molecule has 0 atom stereocenters. The Labute approximate surface area is 142 Å². The van der Waals surface area contributed by atoms with Crippen LogP contribution in [0.2, 0.25) is 0 Å². The van der Waals surface area contributed by atoms with Gasteiger partial charge in [-0.15, -0.1) is 10.2 Å². The van der Waals surface area contributed by atoms with Gasteiger partial charge in [-0.2, -0.15) is 0 Å². The molecule has 1 fully saturated rings. The normalized spacial score (nSPS) is 15.9. The lowest BCUT2D eigenvalue weighted by molar-refractivity contribution is 0.0710. The summed E-state index contributed by atoms with van der Waals surface area (Å²) in [5.41, 5.74) is 0.655. The van der Waals surface area contributed by atoms with Crippen molar-refractivity contribution in [1.29, 1.82) is 0 Å². The first-order chi connectivity index (χ1) is 11.6. The Hall–Kier alpha value is -2.28. The summed E-state index contributed by atoms with van der Waals surface area (Å²) in [6.45, 7) is 2.27. The van der Waals surface area contributed by atoms with Crippen molar-refractivity contribution < 1.29 is 4.79 Å². The molecule has 7 nitrogen and oxygen atoms in total. The van der Waals surface area contributed by atoms with Crippen molar-refractivity contribution in [3.05, 3.63) is 41.7 Å². The number of carbonyl (C=O) groups excluding carboxylic acids is 1. The molecule has 128 valence electrons. The number of piperidine rings is 1. The lowest BCUT2D eigenvalue weighted by atomic mass is 9.95. The van der Waals surface area contributed by atoms with E-state index in [0.717, 1.165) is 44.1 Å². The zero-order chi connectivity index (χ0) is 17.1. The number of nitrogens with zero attached hydrogens (tertiary/aromatic N) is 6. The number of hydrogen-bond donors (Lipinski definition) is 0. The highest BCUT2D eigenvalue weighted by Gasteiger charge is 2.27. The molecule has 1 amide bonds. The molecule has 0 spiro atoms. The molecule has 0 N–H and O–H groups in total. The van der Waals surface area contributed by atoms with Crippen molar-refractivity contribution in [3.8, 4) is 0 Å². The molecule has 1 aliphatic rings. The predicted octanol–water partition coefficient (Wildman–Crippen LogP) is 1.29. The quantitative estimate of drug-likeness (QED) is 0.846. The highest BCUT2D eigenvalue weighted by Crippen LogP contribution is 2.27. The fourth-order valence-corrected chi connectivity index (χ4v) is 3.16. The molecule has 0 aromatic carbocycles. The zero-order valence-electron chi connectivity index (χ0n) is 14.5. The molecule has 2 aromatic rings. The molecule has 3 rings (SSSR count). The van der Waals surface area contributed by atoms with Gasteiger partial charge in [-0.25, -0.2) is 0 Å². The number of likely N-dealkylation sites (tertiary alicyclic amines) is 1. The van der Waals surface area contributed by atoms with Crippen LogP contribution in [0.1, 0.15) is 40.8 Å². The lowest BCUT2D eigenvalue weighted by Gasteiger charge is -2.31. The summed E-state index contributed by atoms with van der Waals surface area (Å²) in [6.07, 6.45) is 5.15. The monoisotopic (exact) mass is 328 g/mol. The zero-order valence-corrected chi connectivity index (χ0v) is 14.5. The van der Waals surface area contributed by atoms with E-state index in [1.54, 1.807) is 18.5 Å². The van der Waals surface area contributed by atoms with Crippen molar-refractivity contribution in [2.24, 2.45) is 7.05 Å². The van der Waals surface area contributed by atoms with Gasteiger partial charge in [0.2, 0.25) is 0 Å². The fourth-order valence-electron chi connectivity index (χ4n) is 3.16. The summed E-state index contributed by atoms with van der Waals surface area (Å²) in [5.74, 6) is 2.42. The topological polar surface area (TPSA) is 67.2 Å².